The minimum Gasteiger partial charge on any atom is -0.489 e. The van der Waals surface area contributed by atoms with E-state index in [4.69, 9.17) is 16.3 Å². The van der Waals surface area contributed by atoms with E-state index in [2.05, 4.69) is 24.4 Å². The Bertz CT molecular complexity index is 554. The Kier molecular flexibility index (Phi) is 4.83. The summed E-state index contributed by atoms with van der Waals surface area (Å²) in [6, 6.07) is 14.0. The predicted molar refractivity (Wildman–Crippen MR) is 79.7 cm³/mol. The molecule has 0 amide bonds. The number of ether oxygens (including phenoxy) is 1. The molecule has 1 N–H and O–H groups in total. The van der Waals surface area contributed by atoms with Crippen LogP contribution < -0.4 is 10.1 Å². The Hall–Kier alpha value is -1.51. The van der Waals surface area contributed by atoms with Crippen molar-refractivity contribution in [1.29, 1.82) is 0 Å². The van der Waals surface area contributed by atoms with Crippen molar-refractivity contribution in [2.45, 2.75) is 20.1 Å². The highest BCUT2D eigenvalue weighted by Gasteiger charge is 2.05. The van der Waals surface area contributed by atoms with Gasteiger partial charge in [0.1, 0.15) is 12.4 Å². The second kappa shape index (κ2) is 6.60. The number of hydrogen-bond donors (Lipinski definition) is 1. The summed E-state index contributed by atoms with van der Waals surface area (Å²) in [5, 5.41) is 3.90. The maximum Gasteiger partial charge on any atom is 0.124 e. The van der Waals surface area contributed by atoms with Gasteiger partial charge >= 0.3 is 0 Å². The zero-order valence-corrected chi connectivity index (χ0v) is 12.0. The monoisotopic (exact) mass is 275 g/mol. The third-order valence-electron chi connectivity index (χ3n) is 2.92. The molecule has 2 nitrogen and oxygen atoms in total. The fourth-order valence-corrected chi connectivity index (χ4v) is 2.14. The van der Waals surface area contributed by atoms with Gasteiger partial charge in [0, 0.05) is 22.7 Å². The summed E-state index contributed by atoms with van der Waals surface area (Å²) in [5.74, 6) is 0.903. The lowest BCUT2D eigenvalue weighted by Gasteiger charge is -2.13. The van der Waals surface area contributed by atoms with Crippen LogP contribution in [0.5, 0.6) is 5.75 Å². The molecule has 0 spiro atoms. The van der Waals surface area contributed by atoms with Crippen LogP contribution in [0.4, 0.5) is 0 Å². The summed E-state index contributed by atoms with van der Waals surface area (Å²) < 4.78 is 5.89. The normalized spacial score (nSPS) is 10.5. The van der Waals surface area contributed by atoms with Crippen LogP contribution in [0.1, 0.15) is 16.7 Å². The third kappa shape index (κ3) is 3.72. The lowest BCUT2D eigenvalue weighted by atomic mass is 10.1. The smallest absolute Gasteiger partial charge is 0.124 e. The zero-order valence-electron chi connectivity index (χ0n) is 11.2. The van der Waals surface area contributed by atoms with E-state index in [9.17, 15) is 0 Å². The minimum absolute atomic E-state index is 0.486. The summed E-state index contributed by atoms with van der Waals surface area (Å²) in [4.78, 5) is 0. The van der Waals surface area contributed by atoms with Gasteiger partial charge < -0.3 is 10.1 Å². The van der Waals surface area contributed by atoms with E-state index in [-0.39, 0.29) is 0 Å². The molecule has 0 bridgehead atoms. The van der Waals surface area contributed by atoms with E-state index in [1.165, 1.54) is 5.56 Å². The molecule has 0 saturated carbocycles. The quantitative estimate of drug-likeness (QED) is 0.892. The minimum atomic E-state index is 0.486. The van der Waals surface area contributed by atoms with Crippen LogP contribution in [0.25, 0.3) is 0 Å². The molecule has 0 aromatic heterocycles. The molecule has 2 aromatic carbocycles. The van der Waals surface area contributed by atoms with Gasteiger partial charge in [-0.15, -0.1) is 0 Å². The van der Waals surface area contributed by atoms with E-state index >= 15 is 0 Å². The molecular formula is C16H18ClNO. The molecule has 0 unspecified atom stereocenters. The van der Waals surface area contributed by atoms with Crippen molar-refractivity contribution in [2.24, 2.45) is 0 Å². The molecular weight excluding hydrogens is 258 g/mol. The number of benzene rings is 2. The van der Waals surface area contributed by atoms with Crippen LogP contribution in [0.3, 0.4) is 0 Å². The molecule has 0 fully saturated rings. The molecule has 2 aromatic rings. The maximum atomic E-state index is 6.12. The molecule has 3 heteroatoms. The molecule has 2 rings (SSSR count). The van der Waals surface area contributed by atoms with E-state index in [0.29, 0.717) is 6.61 Å². The first-order chi connectivity index (χ1) is 9.20. The Labute approximate surface area is 119 Å². The fourth-order valence-electron chi connectivity index (χ4n) is 1.95. The highest BCUT2D eigenvalue weighted by Crippen LogP contribution is 2.23. The molecule has 0 aliphatic heterocycles. The van der Waals surface area contributed by atoms with E-state index < -0.39 is 0 Å². The van der Waals surface area contributed by atoms with Crippen molar-refractivity contribution in [3.63, 3.8) is 0 Å². The summed E-state index contributed by atoms with van der Waals surface area (Å²) in [7, 11) is 1.93. The van der Waals surface area contributed by atoms with Gasteiger partial charge in [-0.2, -0.15) is 0 Å². The molecule has 0 heterocycles. The van der Waals surface area contributed by atoms with E-state index in [1.807, 2.05) is 37.4 Å². The topological polar surface area (TPSA) is 21.3 Å². The number of halogens is 1. The zero-order chi connectivity index (χ0) is 13.7. The third-order valence-corrected chi connectivity index (χ3v) is 3.29. The molecule has 0 radical (unpaired) electrons. The Morgan fingerprint density at radius 1 is 1.11 bits per heavy atom. The number of hydrogen-bond acceptors (Lipinski definition) is 2. The number of aryl methyl sites for hydroxylation is 1. The average molecular weight is 276 g/mol. The maximum absolute atomic E-state index is 6.12. The van der Waals surface area contributed by atoms with Crippen LogP contribution in [0, 0.1) is 6.92 Å². The van der Waals surface area contributed by atoms with Crippen molar-refractivity contribution >= 4 is 11.6 Å². The largest absolute Gasteiger partial charge is 0.489 e. The van der Waals surface area contributed by atoms with Crippen molar-refractivity contribution in [3.8, 4) is 5.75 Å². The van der Waals surface area contributed by atoms with Gasteiger partial charge in [-0.25, -0.2) is 0 Å². The van der Waals surface area contributed by atoms with Gasteiger partial charge in [-0.3, -0.25) is 0 Å². The fraction of sp³-hybridized carbons (Fsp3) is 0.250. The molecule has 0 aliphatic rings. The first kappa shape index (κ1) is 13.9. The van der Waals surface area contributed by atoms with Crippen LogP contribution in [0.2, 0.25) is 5.02 Å². The Morgan fingerprint density at radius 2 is 1.89 bits per heavy atom. The van der Waals surface area contributed by atoms with Crippen molar-refractivity contribution in [1.82, 2.24) is 5.32 Å². The molecule has 0 aliphatic carbocycles. The second-order valence-electron chi connectivity index (χ2n) is 4.52. The van der Waals surface area contributed by atoms with Gasteiger partial charge in [0.2, 0.25) is 0 Å². The first-order valence-corrected chi connectivity index (χ1v) is 6.69. The van der Waals surface area contributed by atoms with Crippen molar-refractivity contribution in [3.05, 3.63) is 64.2 Å². The van der Waals surface area contributed by atoms with Crippen LogP contribution >= 0.6 is 11.6 Å². The van der Waals surface area contributed by atoms with E-state index in [1.54, 1.807) is 0 Å². The molecule has 0 atom stereocenters. The predicted octanol–water partition coefficient (Wildman–Crippen LogP) is 3.95. The summed E-state index contributed by atoms with van der Waals surface area (Å²) >= 11 is 6.12. The van der Waals surface area contributed by atoms with Gasteiger partial charge in [-0.1, -0.05) is 47.5 Å². The van der Waals surface area contributed by atoms with Crippen LogP contribution in [0.15, 0.2) is 42.5 Å². The Balaban J connectivity index is 2.13. The van der Waals surface area contributed by atoms with Gasteiger partial charge in [0.25, 0.3) is 0 Å². The van der Waals surface area contributed by atoms with Gasteiger partial charge in [0.05, 0.1) is 0 Å². The summed E-state index contributed by atoms with van der Waals surface area (Å²) in [5.41, 5.74) is 3.39. The summed E-state index contributed by atoms with van der Waals surface area (Å²) in [6.07, 6.45) is 0. The highest BCUT2D eigenvalue weighted by atomic mass is 35.5. The van der Waals surface area contributed by atoms with E-state index in [0.717, 1.165) is 28.4 Å². The van der Waals surface area contributed by atoms with Crippen molar-refractivity contribution in [2.75, 3.05) is 7.05 Å². The first-order valence-electron chi connectivity index (χ1n) is 6.31. The molecule has 0 saturated heterocycles. The Morgan fingerprint density at radius 3 is 2.63 bits per heavy atom. The van der Waals surface area contributed by atoms with Crippen molar-refractivity contribution < 1.29 is 4.74 Å². The number of rotatable bonds is 5. The van der Waals surface area contributed by atoms with Gasteiger partial charge in [-0.05, 0) is 26.1 Å². The standard InChI is InChI=1S/C16H18ClNO/c1-12-7-8-16(14(9-12)10-18-2)19-11-13-5-3-4-6-15(13)17/h3-9,18H,10-11H2,1-2H3. The lowest BCUT2D eigenvalue weighted by molar-refractivity contribution is 0.302. The SMILES string of the molecule is CNCc1cc(C)ccc1OCc1ccccc1Cl. The lowest BCUT2D eigenvalue weighted by Crippen LogP contribution is -2.08. The average Bonchev–Trinajstić information content (AvgIpc) is 2.40. The van der Waals surface area contributed by atoms with Crippen LogP contribution in [-0.2, 0) is 13.2 Å². The molecule has 100 valence electrons. The number of nitrogens with one attached hydrogen (secondary N) is 1. The van der Waals surface area contributed by atoms with Crippen LogP contribution in [-0.4, -0.2) is 7.05 Å². The molecule has 19 heavy (non-hydrogen) atoms. The highest BCUT2D eigenvalue weighted by molar-refractivity contribution is 6.31. The van der Waals surface area contributed by atoms with Gasteiger partial charge in [0.15, 0.2) is 0 Å². The second-order valence-corrected chi connectivity index (χ2v) is 4.93. The summed E-state index contributed by atoms with van der Waals surface area (Å²) in [6.45, 7) is 3.36.